The first-order valence-corrected chi connectivity index (χ1v) is 5.70. The van der Waals surface area contributed by atoms with Gasteiger partial charge in [0.25, 0.3) is 0 Å². The monoisotopic (exact) mass is 259 g/mol. The van der Waals surface area contributed by atoms with Crippen LogP contribution in [0.15, 0.2) is 24.4 Å². The molecule has 0 saturated heterocycles. The third-order valence-corrected chi connectivity index (χ3v) is 2.54. The first-order chi connectivity index (χ1) is 9.08. The minimum absolute atomic E-state index is 0.0112. The lowest BCUT2D eigenvalue weighted by Gasteiger charge is -2.05. The molecule has 1 N–H and O–H groups in total. The summed E-state index contributed by atoms with van der Waals surface area (Å²) in [6.07, 6.45) is 1.59. The number of ketones is 1. The molecule has 0 fully saturated rings. The van der Waals surface area contributed by atoms with E-state index in [2.05, 4.69) is 20.6 Å². The van der Waals surface area contributed by atoms with Crippen molar-refractivity contribution in [2.45, 2.75) is 20.4 Å². The molecule has 0 atom stereocenters. The summed E-state index contributed by atoms with van der Waals surface area (Å²) in [6, 6.07) is 5.22. The molecule has 0 saturated carbocycles. The number of pyridine rings is 1. The zero-order valence-electron chi connectivity index (χ0n) is 10.6. The van der Waals surface area contributed by atoms with E-state index in [4.69, 9.17) is 0 Å². The normalized spacial score (nSPS) is 10.2. The molecule has 2 aromatic rings. The Balaban J connectivity index is 2.05. The van der Waals surface area contributed by atoms with Crippen molar-refractivity contribution >= 4 is 17.5 Å². The number of carbonyl (C=O) groups is 2. The van der Waals surface area contributed by atoms with Gasteiger partial charge in [-0.1, -0.05) is 11.3 Å². The number of carbonyl (C=O) groups excluding carboxylic acids is 2. The average molecular weight is 259 g/mol. The van der Waals surface area contributed by atoms with Crippen molar-refractivity contribution in [1.29, 1.82) is 0 Å². The average Bonchev–Trinajstić information content (AvgIpc) is 2.72. The molecule has 98 valence electrons. The smallest absolute Gasteiger partial charge is 0.247 e. The summed E-state index contributed by atoms with van der Waals surface area (Å²) in [5.41, 5.74) is 0.856. The van der Waals surface area contributed by atoms with Crippen LogP contribution in [0.2, 0.25) is 0 Å². The van der Waals surface area contributed by atoms with Crippen LogP contribution in [0.3, 0.4) is 0 Å². The summed E-state index contributed by atoms with van der Waals surface area (Å²) < 4.78 is 1.38. The van der Waals surface area contributed by atoms with E-state index < -0.39 is 0 Å². The first kappa shape index (κ1) is 12.9. The van der Waals surface area contributed by atoms with Crippen LogP contribution < -0.4 is 5.32 Å². The maximum absolute atomic E-state index is 11.8. The quantitative estimate of drug-likeness (QED) is 0.821. The predicted molar refractivity (Wildman–Crippen MR) is 67.6 cm³/mol. The standard InChI is InChI=1S/C12H13N5O2/c1-8-12(9(2)18)15-16-17(8)7-11(19)14-10-5-3-4-6-13-10/h3-6H,7H2,1-2H3,(H,13,14,19). The minimum Gasteiger partial charge on any atom is -0.309 e. The molecule has 1 amide bonds. The number of nitrogens with zero attached hydrogens (tertiary/aromatic N) is 4. The fourth-order valence-corrected chi connectivity index (χ4v) is 1.59. The second-order valence-electron chi connectivity index (χ2n) is 4.00. The van der Waals surface area contributed by atoms with Gasteiger partial charge in [-0.2, -0.15) is 0 Å². The molecule has 0 aromatic carbocycles. The highest BCUT2D eigenvalue weighted by molar-refractivity contribution is 5.93. The lowest BCUT2D eigenvalue weighted by Crippen LogP contribution is -2.21. The van der Waals surface area contributed by atoms with Gasteiger partial charge in [0, 0.05) is 13.1 Å². The van der Waals surface area contributed by atoms with E-state index in [0.29, 0.717) is 11.5 Å². The molecule has 0 aliphatic carbocycles. The van der Waals surface area contributed by atoms with Crippen molar-refractivity contribution in [3.63, 3.8) is 0 Å². The van der Waals surface area contributed by atoms with Crippen molar-refractivity contribution in [2.75, 3.05) is 5.32 Å². The molecule has 0 bridgehead atoms. The summed E-state index contributed by atoms with van der Waals surface area (Å²) in [5.74, 6) is 0.0211. The fraction of sp³-hybridized carbons (Fsp3) is 0.250. The number of rotatable bonds is 4. The van der Waals surface area contributed by atoms with Crippen LogP contribution in [0.25, 0.3) is 0 Å². The highest BCUT2D eigenvalue weighted by Crippen LogP contribution is 2.05. The lowest BCUT2D eigenvalue weighted by atomic mass is 10.2. The van der Waals surface area contributed by atoms with E-state index in [-0.39, 0.29) is 23.9 Å². The van der Waals surface area contributed by atoms with Gasteiger partial charge in [-0.15, -0.1) is 5.10 Å². The second kappa shape index (κ2) is 5.38. The number of anilines is 1. The second-order valence-corrected chi connectivity index (χ2v) is 4.00. The highest BCUT2D eigenvalue weighted by Gasteiger charge is 2.14. The van der Waals surface area contributed by atoms with Crippen molar-refractivity contribution < 1.29 is 9.59 Å². The van der Waals surface area contributed by atoms with Gasteiger partial charge in [-0.3, -0.25) is 9.59 Å². The number of hydrogen-bond acceptors (Lipinski definition) is 5. The maximum atomic E-state index is 11.8. The Morgan fingerprint density at radius 3 is 2.74 bits per heavy atom. The number of nitrogens with one attached hydrogen (secondary N) is 1. The van der Waals surface area contributed by atoms with Gasteiger partial charge in [0.05, 0.1) is 5.69 Å². The molecule has 0 spiro atoms. The molecule has 7 nitrogen and oxygen atoms in total. The number of aromatic nitrogens is 4. The van der Waals surface area contributed by atoms with Crippen molar-refractivity contribution in [3.8, 4) is 0 Å². The van der Waals surface area contributed by atoms with Gasteiger partial charge in [-0.25, -0.2) is 9.67 Å². The zero-order valence-corrected chi connectivity index (χ0v) is 10.6. The van der Waals surface area contributed by atoms with Gasteiger partial charge < -0.3 is 5.32 Å². The molecule has 2 heterocycles. The Kier molecular flexibility index (Phi) is 3.65. The summed E-state index contributed by atoms with van der Waals surface area (Å²) in [4.78, 5) is 27.0. The van der Waals surface area contributed by atoms with Crippen LogP contribution >= 0.6 is 0 Å². The van der Waals surface area contributed by atoms with Crippen molar-refractivity contribution in [1.82, 2.24) is 20.0 Å². The minimum atomic E-state index is -0.276. The molecule has 0 unspecified atom stereocenters. The van der Waals surface area contributed by atoms with Gasteiger partial charge in [0.15, 0.2) is 11.5 Å². The van der Waals surface area contributed by atoms with Crippen LogP contribution in [0.4, 0.5) is 5.82 Å². The molecule has 0 radical (unpaired) electrons. The summed E-state index contributed by atoms with van der Waals surface area (Å²) >= 11 is 0. The summed E-state index contributed by atoms with van der Waals surface area (Å²) in [6.45, 7) is 3.10. The number of Topliss-reactive ketones (excluding diaryl/α,β-unsaturated/α-hetero) is 1. The molecule has 7 heteroatoms. The Bertz CT molecular complexity index is 606. The Labute approximate surface area is 109 Å². The Morgan fingerprint density at radius 1 is 1.37 bits per heavy atom. The van der Waals surface area contributed by atoms with E-state index in [0.717, 1.165) is 0 Å². The molecule has 0 aliphatic heterocycles. The van der Waals surface area contributed by atoms with E-state index in [1.807, 2.05) is 0 Å². The SMILES string of the molecule is CC(=O)c1nnn(CC(=O)Nc2ccccn2)c1C. The van der Waals surface area contributed by atoms with E-state index in [9.17, 15) is 9.59 Å². The van der Waals surface area contributed by atoms with Crippen LogP contribution in [-0.2, 0) is 11.3 Å². The van der Waals surface area contributed by atoms with Gasteiger partial charge >= 0.3 is 0 Å². The van der Waals surface area contributed by atoms with Crippen LogP contribution in [0.5, 0.6) is 0 Å². The third-order valence-electron chi connectivity index (χ3n) is 2.54. The summed E-state index contributed by atoms with van der Waals surface area (Å²) in [5, 5.41) is 10.2. The van der Waals surface area contributed by atoms with Crippen LogP contribution in [0.1, 0.15) is 23.1 Å². The molecular weight excluding hydrogens is 246 g/mol. The molecule has 2 aromatic heterocycles. The predicted octanol–water partition coefficient (Wildman–Crippen LogP) is 0.823. The molecule has 0 aliphatic rings. The highest BCUT2D eigenvalue weighted by atomic mass is 16.2. The molecule has 2 rings (SSSR count). The maximum Gasteiger partial charge on any atom is 0.247 e. The van der Waals surface area contributed by atoms with Crippen LogP contribution in [-0.4, -0.2) is 31.7 Å². The Hall–Kier alpha value is -2.57. The fourth-order valence-electron chi connectivity index (χ4n) is 1.59. The number of hydrogen-bond donors (Lipinski definition) is 1. The Morgan fingerprint density at radius 2 is 2.16 bits per heavy atom. The number of amides is 1. The van der Waals surface area contributed by atoms with Crippen molar-refractivity contribution in [3.05, 3.63) is 35.8 Å². The first-order valence-electron chi connectivity index (χ1n) is 5.70. The molecular formula is C12H13N5O2. The van der Waals surface area contributed by atoms with E-state index >= 15 is 0 Å². The van der Waals surface area contributed by atoms with Gasteiger partial charge in [-0.05, 0) is 19.1 Å². The van der Waals surface area contributed by atoms with E-state index in [1.54, 1.807) is 31.3 Å². The topological polar surface area (TPSA) is 89.8 Å². The van der Waals surface area contributed by atoms with Gasteiger partial charge in [0.1, 0.15) is 12.4 Å². The third kappa shape index (κ3) is 3.01. The van der Waals surface area contributed by atoms with Crippen molar-refractivity contribution in [2.24, 2.45) is 0 Å². The van der Waals surface area contributed by atoms with E-state index in [1.165, 1.54) is 11.6 Å². The zero-order chi connectivity index (χ0) is 13.8. The summed E-state index contributed by atoms with van der Waals surface area (Å²) in [7, 11) is 0. The molecule has 19 heavy (non-hydrogen) atoms. The van der Waals surface area contributed by atoms with Gasteiger partial charge in [0.2, 0.25) is 5.91 Å². The van der Waals surface area contributed by atoms with Crippen LogP contribution in [0, 0.1) is 6.92 Å². The largest absolute Gasteiger partial charge is 0.309 e. The lowest BCUT2D eigenvalue weighted by molar-refractivity contribution is -0.117.